The molecule has 9 heteroatoms. The number of urea groups is 1. The summed E-state index contributed by atoms with van der Waals surface area (Å²) in [4.78, 5) is 22.3. The van der Waals surface area contributed by atoms with Crippen molar-refractivity contribution in [3.63, 3.8) is 0 Å². The first-order valence-electron chi connectivity index (χ1n) is 7.33. The first-order valence-corrected chi connectivity index (χ1v) is 8.77. The summed E-state index contributed by atoms with van der Waals surface area (Å²) >= 11 is 0. The maximum absolute atomic E-state index is 12.5. The van der Waals surface area contributed by atoms with Gasteiger partial charge in [-0.05, 0) is 37.1 Å². The van der Waals surface area contributed by atoms with Crippen molar-refractivity contribution < 1.29 is 18.0 Å². The molecule has 2 rings (SSSR count). The van der Waals surface area contributed by atoms with Crippen molar-refractivity contribution in [2.24, 2.45) is 5.73 Å². The Labute approximate surface area is 135 Å². The standard InChI is InChI=1S/C14H20N4O4S/c15-14(20)16-10-13(19)17-11-4-6-12(7-5-11)23(21,22)18-8-2-1-3-9-18/h4-7H,1-3,8-10H2,(H,17,19)(H3,15,16,20). The predicted molar refractivity (Wildman–Crippen MR) is 85.3 cm³/mol. The van der Waals surface area contributed by atoms with Gasteiger partial charge in [-0.2, -0.15) is 4.31 Å². The minimum Gasteiger partial charge on any atom is -0.352 e. The van der Waals surface area contributed by atoms with Crippen molar-refractivity contribution in [3.05, 3.63) is 24.3 Å². The van der Waals surface area contributed by atoms with Gasteiger partial charge in [0.2, 0.25) is 15.9 Å². The Bertz CT molecular complexity index is 667. The van der Waals surface area contributed by atoms with E-state index in [2.05, 4.69) is 10.6 Å². The zero-order valence-corrected chi connectivity index (χ0v) is 13.4. The lowest BCUT2D eigenvalue weighted by Gasteiger charge is -2.25. The van der Waals surface area contributed by atoms with Crippen LogP contribution < -0.4 is 16.4 Å². The minimum atomic E-state index is -3.48. The quantitative estimate of drug-likeness (QED) is 0.721. The molecule has 3 amide bonds. The highest BCUT2D eigenvalue weighted by Gasteiger charge is 2.25. The Morgan fingerprint density at radius 1 is 1.09 bits per heavy atom. The molecular weight excluding hydrogens is 320 g/mol. The van der Waals surface area contributed by atoms with Crippen molar-refractivity contribution in [1.82, 2.24) is 9.62 Å². The molecule has 0 saturated carbocycles. The number of amides is 3. The number of primary amides is 1. The highest BCUT2D eigenvalue weighted by atomic mass is 32.2. The van der Waals surface area contributed by atoms with Crippen LogP contribution in [0.1, 0.15) is 19.3 Å². The first kappa shape index (κ1) is 17.2. The number of nitrogens with two attached hydrogens (primary N) is 1. The zero-order chi connectivity index (χ0) is 16.9. The Hall–Kier alpha value is -2.13. The highest BCUT2D eigenvalue weighted by Crippen LogP contribution is 2.21. The van der Waals surface area contributed by atoms with Gasteiger partial charge in [-0.15, -0.1) is 0 Å². The Kier molecular flexibility index (Phi) is 5.56. The molecule has 23 heavy (non-hydrogen) atoms. The molecule has 0 atom stereocenters. The van der Waals surface area contributed by atoms with Gasteiger partial charge in [0.25, 0.3) is 0 Å². The van der Waals surface area contributed by atoms with E-state index in [0.717, 1.165) is 19.3 Å². The van der Waals surface area contributed by atoms with E-state index in [9.17, 15) is 18.0 Å². The van der Waals surface area contributed by atoms with Crippen LogP contribution in [-0.4, -0.2) is 44.3 Å². The third kappa shape index (κ3) is 4.67. The molecule has 1 heterocycles. The van der Waals surface area contributed by atoms with Crippen LogP contribution in [-0.2, 0) is 14.8 Å². The summed E-state index contributed by atoms with van der Waals surface area (Å²) in [6.07, 6.45) is 2.80. The maximum Gasteiger partial charge on any atom is 0.312 e. The number of piperidine rings is 1. The van der Waals surface area contributed by atoms with E-state index in [0.29, 0.717) is 18.8 Å². The van der Waals surface area contributed by atoms with Crippen molar-refractivity contribution in [1.29, 1.82) is 0 Å². The summed E-state index contributed by atoms with van der Waals surface area (Å²) in [7, 11) is -3.48. The smallest absolute Gasteiger partial charge is 0.312 e. The van der Waals surface area contributed by atoms with Crippen LogP contribution in [0.3, 0.4) is 0 Å². The van der Waals surface area contributed by atoms with Gasteiger partial charge in [-0.1, -0.05) is 6.42 Å². The third-order valence-electron chi connectivity index (χ3n) is 3.51. The Balaban J connectivity index is 2.01. The SMILES string of the molecule is NC(=O)NCC(=O)Nc1ccc(S(=O)(=O)N2CCCCC2)cc1. The average Bonchev–Trinajstić information content (AvgIpc) is 2.54. The highest BCUT2D eigenvalue weighted by molar-refractivity contribution is 7.89. The van der Waals surface area contributed by atoms with Gasteiger partial charge in [0.15, 0.2) is 0 Å². The summed E-state index contributed by atoms with van der Waals surface area (Å²) < 4.78 is 26.4. The normalized spacial score (nSPS) is 15.8. The van der Waals surface area contributed by atoms with Gasteiger partial charge < -0.3 is 16.4 Å². The molecule has 8 nitrogen and oxygen atoms in total. The first-order chi connectivity index (χ1) is 10.9. The molecule has 1 aromatic carbocycles. The number of rotatable bonds is 5. The fourth-order valence-electron chi connectivity index (χ4n) is 2.34. The lowest BCUT2D eigenvalue weighted by Crippen LogP contribution is -2.36. The zero-order valence-electron chi connectivity index (χ0n) is 12.6. The fourth-order valence-corrected chi connectivity index (χ4v) is 3.85. The van der Waals surface area contributed by atoms with Crippen molar-refractivity contribution >= 4 is 27.6 Å². The fraction of sp³-hybridized carbons (Fsp3) is 0.429. The molecule has 126 valence electrons. The van der Waals surface area contributed by atoms with E-state index in [-0.39, 0.29) is 11.4 Å². The van der Waals surface area contributed by atoms with Crippen LogP contribution in [0.15, 0.2) is 29.2 Å². The summed E-state index contributed by atoms with van der Waals surface area (Å²) in [6, 6.07) is 5.16. The van der Waals surface area contributed by atoms with E-state index in [1.54, 1.807) is 0 Å². The number of anilines is 1. The summed E-state index contributed by atoms with van der Waals surface area (Å²) in [5.74, 6) is -0.449. The summed E-state index contributed by atoms with van der Waals surface area (Å²) in [5.41, 5.74) is 5.31. The predicted octanol–water partition coefficient (Wildman–Crippen LogP) is 0.468. The van der Waals surface area contributed by atoms with Gasteiger partial charge in [-0.25, -0.2) is 13.2 Å². The van der Waals surface area contributed by atoms with E-state index in [1.807, 2.05) is 0 Å². The van der Waals surface area contributed by atoms with Crippen molar-refractivity contribution in [2.75, 3.05) is 25.0 Å². The second kappa shape index (κ2) is 7.42. The molecule has 0 spiro atoms. The van der Waals surface area contributed by atoms with E-state index < -0.39 is 22.0 Å². The number of benzene rings is 1. The van der Waals surface area contributed by atoms with E-state index in [1.165, 1.54) is 28.6 Å². The van der Waals surface area contributed by atoms with Crippen LogP contribution in [0.25, 0.3) is 0 Å². The molecule has 0 bridgehead atoms. The van der Waals surface area contributed by atoms with Crippen LogP contribution in [0, 0.1) is 0 Å². The molecule has 1 aliphatic rings. The molecule has 4 N–H and O–H groups in total. The van der Waals surface area contributed by atoms with Gasteiger partial charge in [0, 0.05) is 18.8 Å². The molecule has 1 aromatic rings. The average molecular weight is 340 g/mol. The van der Waals surface area contributed by atoms with Gasteiger partial charge in [0.1, 0.15) is 0 Å². The molecule has 1 aliphatic heterocycles. The third-order valence-corrected chi connectivity index (χ3v) is 5.43. The number of nitrogens with one attached hydrogen (secondary N) is 2. The number of hydrogen-bond donors (Lipinski definition) is 3. The van der Waals surface area contributed by atoms with Crippen molar-refractivity contribution in [2.45, 2.75) is 24.2 Å². The summed E-state index contributed by atoms with van der Waals surface area (Å²) in [6.45, 7) is 0.836. The Morgan fingerprint density at radius 2 is 1.70 bits per heavy atom. The second-order valence-corrected chi connectivity index (χ2v) is 7.19. The molecule has 0 unspecified atom stereocenters. The van der Waals surface area contributed by atoms with Crippen LogP contribution in [0.2, 0.25) is 0 Å². The van der Waals surface area contributed by atoms with Gasteiger partial charge in [-0.3, -0.25) is 4.79 Å². The Morgan fingerprint density at radius 3 is 2.26 bits per heavy atom. The number of nitrogens with zero attached hydrogens (tertiary/aromatic N) is 1. The van der Waals surface area contributed by atoms with Gasteiger partial charge >= 0.3 is 6.03 Å². The lowest BCUT2D eigenvalue weighted by atomic mass is 10.2. The molecule has 1 fully saturated rings. The molecule has 0 aliphatic carbocycles. The molecule has 0 radical (unpaired) electrons. The monoisotopic (exact) mass is 340 g/mol. The largest absolute Gasteiger partial charge is 0.352 e. The van der Waals surface area contributed by atoms with Crippen LogP contribution in [0.4, 0.5) is 10.5 Å². The topological polar surface area (TPSA) is 122 Å². The van der Waals surface area contributed by atoms with Crippen molar-refractivity contribution in [3.8, 4) is 0 Å². The number of hydrogen-bond acceptors (Lipinski definition) is 4. The summed E-state index contributed by atoms with van der Waals surface area (Å²) in [5, 5.41) is 4.71. The van der Waals surface area contributed by atoms with E-state index in [4.69, 9.17) is 5.73 Å². The molecule has 1 saturated heterocycles. The minimum absolute atomic E-state index is 0.202. The van der Waals surface area contributed by atoms with Crippen LogP contribution in [0.5, 0.6) is 0 Å². The number of carbonyl (C=O) groups excluding carboxylic acids is 2. The molecule has 0 aromatic heterocycles. The van der Waals surface area contributed by atoms with E-state index >= 15 is 0 Å². The maximum atomic E-state index is 12.5. The number of carbonyl (C=O) groups is 2. The lowest BCUT2D eigenvalue weighted by molar-refractivity contribution is -0.115. The molecular formula is C14H20N4O4S. The number of sulfonamides is 1. The van der Waals surface area contributed by atoms with Gasteiger partial charge in [0.05, 0.1) is 11.4 Å². The second-order valence-electron chi connectivity index (χ2n) is 5.26. The van der Waals surface area contributed by atoms with Crippen LogP contribution >= 0.6 is 0 Å².